The lowest BCUT2D eigenvalue weighted by molar-refractivity contribution is 0.174. The Labute approximate surface area is 134 Å². The highest BCUT2D eigenvalue weighted by molar-refractivity contribution is 7.80. The second-order valence-corrected chi connectivity index (χ2v) is 6.58. The maximum Gasteiger partial charge on any atom is 0.231 e. The summed E-state index contributed by atoms with van der Waals surface area (Å²) in [6.45, 7) is 0.796. The molecule has 2 N–H and O–H groups in total. The van der Waals surface area contributed by atoms with Crippen LogP contribution in [0.1, 0.15) is 43.8 Å². The van der Waals surface area contributed by atoms with E-state index < -0.39 is 0 Å². The Morgan fingerprint density at radius 3 is 2.68 bits per heavy atom. The van der Waals surface area contributed by atoms with Gasteiger partial charge in [-0.25, -0.2) is 4.98 Å². The lowest BCUT2D eigenvalue weighted by atomic mass is 9.88. The third kappa shape index (κ3) is 2.31. The molecule has 4 rings (SSSR count). The number of ether oxygens (including phenoxy) is 2. The Morgan fingerprint density at radius 2 is 1.95 bits per heavy atom. The van der Waals surface area contributed by atoms with Gasteiger partial charge in [0.25, 0.3) is 0 Å². The first-order valence-electron chi connectivity index (χ1n) is 7.80. The molecule has 0 radical (unpaired) electrons. The van der Waals surface area contributed by atoms with Gasteiger partial charge in [-0.2, -0.15) is 0 Å². The summed E-state index contributed by atoms with van der Waals surface area (Å²) in [5.74, 6) is 3.13. The zero-order valence-electron chi connectivity index (χ0n) is 12.4. The zero-order chi connectivity index (χ0) is 15.1. The fourth-order valence-electron chi connectivity index (χ4n) is 3.53. The normalized spacial score (nSPS) is 18.0. The van der Waals surface area contributed by atoms with Crippen molar-refractivity contribution in [1.82, 2.24) is 9.55 Å². The molecule has 22 heavy (non-hydrogen) atoms. The quantitative estimate of drug-likeness (QED) is 0.881. The number of thiocarbonyl (C=S) groups is 1. The third-order valence-corrected chi connectivity index (χ3v) is 4.69. The fourth-order valence-corrected chi connectivity index (χ4v) is 3.66. The molecule has 1 fully saturated rings. The lowest BCUT2D eigenvalue weighted by Gasteiger charge is -2.22. The van der Waals surface area contributed by atoms with Crippen molar-refractivity contribution >= 4 is 28.2 Å². The van der Waals surface area contributed by atoms with Gasteiger partial charge in [-0.3, -0.25) is 0 Å². The summed E-state index contributed by atoms with van der Waals surface area (Å²) in [6.07, 6.45) is 6.23. The molecule has 0 unspecified atom stereocenters. The van der Waals surface area contributed by atoms with Gasteiger partial charge in [-0.05, 0) is 12.8 Å². The minimum Gasteiger partial charge on any atom is -0.454 e. The number of benzene rings is 1. The Morgan fingerprint density at radius 1 is 1.23 bits per heavy atom. The number of fused-ring (bicyclic) bond motifs is 2. The van der Waals surface area contributed by atoms with Gasteiger partial charge in [-0.1, -0.05) is 31.5 Å². The van der Waals surface area contributed by atoms with Crippen LogP contribution in [-0.4, -0.2) is 21.3 Å². The Balaban J connectivity index is 1.85. The first kappa shape index (κ1) is 13.8. The number of hydrogen-bond acceptors (Lipinski definition) is 4. The molecule has 0 spiro atoms. The van der Waals surface area contributed by atoms with Crippen LogP contribution in [0.15, 0.2) is 12.1 Å². The maximum atomic E-state index is 5.81. The Hall–Kier alpha value is -1.82. The van der Waals surface area contributed by atoms with Gasteiger partial charge in [0, 0.05) is 18.1 Å². The molecular formula is C16H19N3O2S. The van der Waals surface area contributed by atoms with E-state index in [0.717, 1.165) is 28.4 Å². The predicted octanol–water partition coefficient (Wildman–Crippen LogP) is 3.10. The van der Waals surface area contributed by atoms with E-state index in [1.807, 2.05) is 12.1 Å². The molecule has 116 valence electrons. The van der Waals surface area contributed by atoms with Gasteiger partial charge in [0.15, 0.2) is 11.5 Å². The van der Waals surface area contributed by atoms with Crippen molar-refractivity contribution in [2.75, 3.05) is 6.79 Å². The molecule has 2 heterocycles. The van der Waals surface area contributed by atoms with E-state index in [1.165, 1.54) is 32.1 Å². The number of hydrogen-bond donors (Lipinski definition) is 1. The van der Waals surface area contributed by atoms with Crippen LogP contribution in [0.5, 0.6) is 11.5 Å². The molecule has 0 bridgehead atoms. The van der Waals surface area contributed by atoms with Crippen LogP contribution in [0.2, 0.25) is 0 Å². The van der Waals surface area contributed by atoms with Crippen molar-refractivity contribution in [3.63, 3.8) is 0 Å². The first-order chi connectivity index (χ1) is 10.7. The predicted molar refractivity (Wildman–Crippen MR) is 88.5 cm³/mol. The Kier molecular flexibility index (Phi) is 3.41. The zero-order valence-corrected chi connectivity index (χ0v) is 13.2. The van der Waals surface area contributed by atoms with Crippen molar-refractivity contribution in [3.8, 4) is 11.5 Å². The fraction of sp³-hybridized carbons (Fsp3) is 0.500. The van der Waals surface area contributed by atoms with Crippen LogP contribution in [0, 0.1) is 0 Å². The molecule has 1 aliphatic carbocycles. The highest BCUT2D eigenvalue weighted by atomic mass is 32.1. The second-order valence-electron chi connectivity index (χ2n) is 6.05. The third-order valence-electron chi connectivity index (χ3n) is 4.56. The molecule has 1 aromatic heterocycles. The molecule has 6 heteroatoms. The summed E-state index contributed by atoms with van der Waals surface area (Å²) in [5, 5.41) is 0. The average Bonchev–Trinajstić information content (AvgIpc) is 3.10. The van der Waals surface area contributed by atoms with E-state index in [1.54, 1.807) is 0 Å². The van der Waals surface area contributed by atoms with Gasteiger partial charge in [0.05, 0.1) is 22.6 Å². The summed E-state index contributed by atoms with van der Waals surface area (Å²) in [7, 11) is 0. The van der Waals surface area contributed by atoms with Crippen LogP contribution in [-0.2, 0) is 6.54 Å². The molecule has 0 saturated heterocycles. The number of nitrogens with zero attached hydrogens (tertiary/aromatic N) is 2. The van der Waals surface area contributed by atoms with E-state index in [4.69, 9.17) is 32.4 Å². The van der Waals surface area contributed by atoms with Crippen molar-refractivity contribution in [1.29, 1.82) is 0 Å². The van der Waals surface area contributed by atoms with Gasteiger partial charge in [0.2, 0.25) is 6.79 Å². The number of aromatic nitrogens is 2. The van der Waals surface area contributed by atoms with Gasteiger partial charge in [0.1, 0.15) is 5.82 Å². The highest BCUT2D eigenvalue weighted by Gasteiger charge is 2.25. The van der Waals surface area contributed by atoms with Crippen molar-refractivity contribution in [2.45, 2.75) is 44.6 Å². The molecule has 5 nitrogen and oxygen atoms in total. The number of rotatable bonds is 3. The molecule has 2 aliphatic rings. The minimum atomic E-state index is 0.271. The van der Waals surface area contributed by atoms with Crippen molar-refractivity contribution < 1.29 is 9.47 Å². The molecule has 1 saturated carbocycles. The summed E-state index contributed by atoms with van der Waals surface area (Å²) < 4.78 is 13.1. The van der Waals surface area contributed by atoms with E-state index >= 15 is 0 Å². The van der Waals surface area contributed by atoms with Gasteiger partial charge in [-0.15, -0.1) is 0 Å². The van der Waals surface area contributed by atoms with E-state index in [2.05, 4.69) is 4.57 Å². The standard InChI is InChI=1S/C16H19N3O2S/c17-15(22)8-19-12-7-14-13(20-9-21-14)6-11(12)18-16(19)10-4-2-1-3-5-10/h6-7,10H,1-5,8-9H2,(H2,17,22). The monoisotopic (exact) mass is 317 g/mol. The summed E-state index contributed by atoms with van der Waals surface area (Å²) in [4.78, 5) is 5.36. The summed E-state index contributed by atoms with van der Waals surface area (Å²) in [5.41, 5.74) is 7.77. The average molecular weight is 317 g/mol. The van der Waals surface area contributed by atoms with Crippen molar-refractivity contribution in [2.24, 2.45) is 5.73 Å². The Bertz CT molecular complexity index is 735. The van der Waals surface area contributed by atoms with E-state index in [0.29, 0.717) is 17.5 Å². The van der Waals surface area contributed by atoms with Crippen molar-refractivity contribution in [3.05, 3.63) is 18.0 Å². The lowest BCUT2D eigenvalue weighted by Crippen LogP contribution is -2.20. The molecule has 1 aromatic carbocycles. The minimum absolute atomic E-state index is 0.271. The van der Waals surface area contributed by atoms with Gasteiger partial charge < -0.3 is 19.8 Å². The van der Waals surface area contributed by atoms with Crippen LogP contribution in [0.3, 0.4) is 0 Å². The number of nitrogens with two attached hydrogens (primary N) is 1. The van der Waals surface area contributed by atoms with Crippen LogP contribution < -0.4 is 15.2 Å². The topological polar surface area (TPSA) is 62.3 Å². The largest absolute Gasteiger partial charge is 0.454 e. The molecule has 0 atom stereocenters. The van der Waals surface area contributed by atoms with Crippen LogP contribution in [0.4, 0.5) is 0 Å². The summed E-state index contributed by atoms with van der Waals surface area (Å²) in [6, 6.07) is 3.95. The smallest absolute Gasteiger partial charge is 0.231 e. The molecular weight excluding hydrogens is 298 g/mol. The van der Waals surface area contributed by atoms with Crippen LogP contribution in [0.25, 0.3) is 11.0 Å². The maximum absolute atomic E-state index is 5.81. The van der Waals surface area contributed by atoms with E-state index in [9.17, 15) is 0 Å². The highest BCUT2D eigenvalue weighted by Crippen LogP contribution is 2.39. The molecule has 1 aliphatic heterocycles. The molecule has 2 aromatic rings. The van der Waals surface area contributed by atoms with Crippen LogP contribution >= 0.6 is 12.2 Å². The second kappa shape index (κ2) is 5.43. The SMILES string of the molecule is NC(=S)Cn1c(C2CCCCC2)nc2cc3c(cc21)OCO3. The van der Waals surface area contributed by atoms with Gasteiger partial charge >= 0.3 is 0 Å². The number of imidazole rings is 1. The first-order valence-corrected chi connectivity index (χ1v) is 8.21. The summed E-state index contributed by atoms with van der Waals surface area (Å²) >= 11 is 5.14. The van der Waals surface area contributed by atoms with E-state index in [-0.39, 0.29) is 6.79 Å². The molecule has 0 amide bonds.